The number of methoxy groups -OCH3 is 2. The Balaban J connectivity index is 1.83. The van der Waals surface area contributed by atoms with E-state index in [1.54, 1.807) is 14.2 Å². The fourth-order valence-electron chi connectivity index (χ4n) is 3.14. The predicted octanol–water partition coefficient (Wildman–Crippen LogP) is 4.02. The summed E-state index contributed by atoms with van der Waals surface area (Å²) in [7, 11) is 3.33. The van der Waals surface area contributed by atoms with Crippen molar-refractivity contribution in [2.45, 2.75) is 19.4 Å². The molecule has 0 spiro atoms. The van der Waals surface area contributed by atoms with Gasteiger partial charge in [-0.3, -0.25) is 0 Å². The Morgan fingerprint density at radius 2 is 1.79 bits per heavy atom. The minimum atomic E-state index is 0.178. The van der Waals surface area contributed by atoms with Crippen LogP contribution >= 0.6 is 12.2 Å². The Kier molecular flexibility index (Phi) is 4.90. The second-order valence-electron chi connectivity index (χ2n) is 5.82. The van der Waals surface area contributed by atoms with Crippen LogP contribution in [-0.4, -0.2) is 30.8 Å². The topological polar surface area (TPSA) is 33.7 Å². The normalized spacial score (nSPS) is 16.3. The molecule has 2 aromatic carbocycles. The zero-order chi connectivity index (χ0) is 17.1. The largest absolute Gasteiger partial charge is 0.493 e. The smallest absolute Gasteiger partial charge is 0.173 e. The van der Waals surface area contributed by atoms with Gasteiger partial charge in [0, 0.05) is 12.2 Å². The molecular weight excluding hydrogens is 320 g/mol. The molecule has 24 heavy (non-hydrogen) atoms. The van der Waals surface area contributed by atoms with Crippen LogP contribution in [0.4, 0.5) is 5.69 Å². The Morgan fingerprint density at radius 3 is 2.46 bits per heavy atom. The molecule has 0 aromatic heterocycles. The van der Waals surface area contributed by atoms with Gasteiger partial charge in [-0.05, 0) is 61.0 Å². The number of thiocarbonyl (C=S) groups is 1. The summed E-state index contributed by atoms with van der Waals surface area (Å²) in [6.07, 6.45) is 0.927. The maximum absolute atomic E-state index is 5.63. The van der Waals surface area contributed by atoms with E-state index in [9.17, 15) is 0 Å². The number of rotatable bonds is 3. The zero-order valence-electron chi connectivity index (χ0n) is 14.2. The molecule has 1 heterocycles. The molecule has 0 saturated heterocycles. The number of hydrogen-bond acceptors (Lipinski definition) is 3. The summed E-state index contributed by atoms with van der Waals surface area (Å²) in [5, 5.41) is 4.07. The van der Waals surface area contributed by atoms with Gasteiger partial charge in [-0.25, -0.2) is 0 Å². The van der Waals surface area contributed by atoms with Crippen LogP contribution in [0, 0.1) is 0 Å². The zero-order valence-corrected chi connectivity index (χ0v) is 15.0. The van der Waals surface area contributed by atoms with Crippen molar-refractivity contribution in [2.75, 3.05) is 26.1 Å². The maximum Gasteiger partial charge on any atom is 0.173 e. The first-order valence-electron chi connectivity index (χ1n) is 8.01. The summed E-state index contributed by atoms with van der Waals surface area (Å²) in [6.45, 7) is 3.05. The highest BCUT2D eigenvalue weighted by molar-refractivity contribution is 7.80. The lowest BCUT2D eigenvalue weighted by atomic mass is 9.93. The van der Waals surface area contributed by atoms with Crippen molar-refractivity contribution >= 4 is 23.0 Å². The first kappa shape index (κ1) is 16.6. The summed E-state index contributed by atoms with van der Waals surface area (Å²) in [4.78, 5) is 2.22. The highest BCUT2D eigenvalue weighted by atomic mass is 32.1. The Labute approximate surface area is 148 Å². The molecule has 1 N–H and O–H groups in total. The van der Waals surface area contributed by atoms with Gasteiger partial charge in [0.05, 0.1) is 20.3 Å². The quantitative estimate of drug-likeness (QED) is 0.852. The number of anilines is 1. The van der Waals surface area contributed by atoms with E-state index in [0.29, 0.717) is 0 Å². The van der Waals surface area contributed by atoms with Gasteiger partial charge >= 0.3 is 0 Å². The SMILES string of the molecule is COc1cc2c(cc1OC)[C@H](C)N(C(=S)Nc1ccccc1)CC2. The average molecular weight is 342 g/mol. The van der Waals surface area contributed by atoms with Crippen LogP contribution in [0.15, 0.2) is 42.5 Å². The lowest BCUT2D eigenvalue weighted by Gasteiger charge is -2.37. The van der Waals surface area contributed by atoms with Gasteiger partial charge in [0.1, 0.15) is 0 Å². The molecule has 1 aliphatic heterocycles. The molecule has 5 heteroatoms. The molecule has 0 aliphatic carbocycles. The Morgan fingerprint density at radius 1 is 1.12 bits per heavy atom. The molecule has 1 aliphatic rings. The van der Waals surface area contributed by atoms with E-state index in [1.807, 2.05) is 30.3 Å². The molecule has 1 atom stereocenters. The molecule has 126 valence electrons. The monoisotopic (exact) mass is 342 g/mol. The number of benzene rings is 2. The summed E-state index contributed by atoms with van der Waals surface area (Å²) < 4.78 is 10.9. The summed E-state index contributed by atoms with van der Waals surface area (Å²) in [5.41, 5.74) is 3.53. The third-order valence-corrected chi connectivity index (χ3v) is 4.81. The van der Waals surface area contributed by atoms with Gasteiger partial charge in [0.2, 0.25) is 0 Å². The van der Waals surface area contributed by atoms with Crippen LogP contribution in [0.1, 0.15) is 24.1 Å². The third-order valence-electron chi connectivity index (χ3n) is 4.47. The van der Waals surface area contributed by atoms with E-state index in [0.717, 1.165) is 35.3 Å². The van der Waals surface area contributed by atoms with Crippen molar-refractivity contribution in [1.82, 2.24) is 4.90 Å². The van der Waals surface area contributed by atoms with Crippen LogP contribution in [-0.2, 0) is 6.42 Å². The second kappa shape index (κ2) is 7.09. The molecule has 0 unspecified atom stereocenters. The lowest BCUT2D eigenvalue weighted by molar-refractivity contribution is 0.316. The van der Waals surface area contributed by atoms with Crippen molar-refractivity contribution in [3.05, 3.63) is 53.6 Å². The van der Waals surface area contributed by atoms with Crippen molar-refractivity contribution in [2.24, 2.45) is 0 Å². The number of hydrogen-bond donors (Lipinski definition) is 1. The number of nitrogens with one attached hydrogen (secondary N) is 1. The maximum atomic E-state index is 5.63. The highest BCUT2D eigenvalue weighted by Crippen LogP contribution is 2.38. The van der Waals surface area contributed by atoms with Crippen molar-refractivity contribution < 1.29 is 9.47 Å². The lowest BCUT2D eigenvalue weighted by Crippen LogP contribution is -2.41. The molecule has 0 amide bonds. The van der Waals surface area contributed by atoms with Crippen molar-refractivity contribution in [1.29, 1.82) is 0 Å². The standard InChI is InChI=1S/C19H22N2O2S/c1-13-16-12-18(23-3)17(22-2)11-14(16)9-10-21(13)19(24)20-15-7-5-4-6-8-15/h4-8,11-13H,9-10H2,1-3H3,(H,20,24)/t13-/m0/s1. The second-order valence-corrected chi connectivity index (χ2v) is 6.21. The average Bonchev–Trinajstić information content (AvgIpc) is 2.61. The predicted molar refractivity (Wildman–Crippen MR) is 101 cm³/mol. The van der Waals surface area contributed by atoms with Gasteiger partial charge in [-0.15, -0.1) is 0 Å². The number of para-hydroxylation sites is 1. The highest BCUT2D eigenvalue weighted by Gasteiger charge is 2.27. The molecule has 0 bridgehead atoms. The van der Waals surface area contributed by atoms with E-state index < -0.39 is 0 Å². The molecule has 4 nitrogen and oxygen atoms in total. The fraction of sp³-hybridized carbons (Fsp3) is 0.316. The van der Waals surface area contributed by atoms with Crippen LogP contribution in [0.5, 0.6) is 11.5 Å². The molecule has 0 fully saturated rings. The van der Waals surface area contributed by atoms with E-state index in [4.69, 9.17) is 21.7 Å². The van der Waals surface area contributed by atoms with Gasteiger partial charge < -0.3 is 19.7 Å². The van der Waals surface area contributed by atoms with E-state index in [-0.39, 0.29) is 6.04 Å². The Hall–Kier alpha value is -2.27. The molecule has 0 radical (unpaired) electrons. The third kappa shape index (κ3) is 3.17. The molecule has 3 rings (SSSR count). The fourth-order valence-corrected chi connectivity index (χ4v) is 3.51. The summed E-state index contributed by atoms with van der Waals surface area (Å²) >= 11 is 5.63. The molecule has 2 aromatic rings. The van der Waals surface area contributed by atoms with Gasteiger partial charge in [-0.1, -0.05) is 18.2 Å². The number of ether oxygens (including phenoxy) is 2. The minimum Gasteiger partial charge on any atom is -0.493 e. The number of nitrogens with zero attached hydrogens (tertiary/aromatic N) is 1. The van der Waals surface area contributed by atoms with Crippen LogP contribution in [0.2, 0.25) is 0 Å². The minimum absolute atomic E-state index is 0.178. The van der Waals surface area contributed by atoms with Gasteiger partial charge in [0.15, 0.2) is 16.6 Å². The van der Waals surface area contributed by atoms with Crippen molar-refractivity contribution in [3.8, 4) is 11.5 Å². The van der Waals surface area contributed by atoms with E-state index in [2.05, 4.69) is 29.3 Å². The van der Waals surface area contributed by atoms with Crippen LogP contribution in [0.3, 0.4) is 0 Å². The Bertz CT molecular complexity index is 734. The van der Waals surface area contributed by atoms with E-state index in [1.165, 1.54) is 11.1 Å². The van der Waals surface area contributed by atoms with Crippen LogP contribution < -0.4 is 14.8 Å². The van der Waals surface area contributed by atoms with Crippen LogP contribution in [0.25, 0.3) is 0 Å². The molecule has 0 saturated carbocycles. The van der Waals surface area contributed by atoms with Gasteiger partial charge in [-0.2, -0.15) is 0 Å². The van der Waals surface area contributed by atoms with E-state index >= 15 is 0 Å². The molecular formula is C19H22N2O2S. The number of fused-ring (bicyclic) bond motifs is 1. The first-order valence-corrected chi connectivity index (χ1v) is 8.42. The summed E-state index contributed by atoms with van der Waals surface area (Å²) in [5.74, 6) is 1.54. The summed E-state index contributed by atoms with van der Waals surface area (Å²) in [6, 6.07) is 14.3. The first-order chi connectivity index (χ1) is 11.6. The van der Waals surface area contributed by atoms with Crippen molar-refractivity contribution in [3.63, 3.8) is 0 Å². The van der Waals surface area contributed by atoms with Gasteiger partial charge in [0.25, 0.3) is 0 Å².